The predicted molar refractivity (Wildman–Crippen MR) is 98.1 cm³/mol. The van der Waals surface area contributed by atoms with E-state index in [1.807, 2.05) is 25.1 Å². The summed E-state index contributed by atoms with van der Waals surface area (Å²) < 4.78 is 12.5. The van der Waals surface area contributed by atoms with Crippen LogP contribution in [-0.4, -0.2) is 32.1 Å². The fraction of sp³-hybridized carbons (Fsp3) is 0.333. The van der Waals surface area contributed by atoms with Crippen LogP contribution >= 0.6 is 0 Å². The molecule has 3 nitrogen and oxygen atoms in total. The lowest BCUT2D eigenvalue weighted by molar-refractivity contribution is 0.203. The summed E-state index contributed by atoms with van der Waals surface area (Å²) in [4.78, 5) is 2.16. The van der Waals surface area contributed by atoms with Crippen LogP contribution in [0.15, 0.2) is 54.1 Å². The van der Waals surface area contributed by atoms with Crippen LogP contribution in [0.2, 0.25) is 0 Å². The van der Waals surface area contributed by atoms with E-state index < -0.39 is 0 Å². The molecule has 0 aromatic heterocycles. The van der Waals surface area contributed by atoms with Gasteiger partial charge in [-0.1, -0.05) is 42.0 Å². The van der Waals surface area contributed by atoms with Gasteiger partial charge in [0.15, 0.2) is 6.10 Å². The van der Waals surface area contributed by atoms with Gasteiger partial charge in [0.25, 0.3) is 0 Å². The van der Waals surface area contributed by atoms with Gasteiger partial charge in [-0.15, -0.1) is 0 Å². The molecular weight excluding hydrogens is 298 g/mol. The van der Waals surface area contributed by atoms with Gasteiger partial charge in [-0.25, -0.2) is 0 Å². The van der Waals surface area contributed by atoms with E-state index in [1.54, 1.807) is 0 Å². The van der Waals surface area contributed by atoms with Crippen LogP contribution in [0.4, 0.5) is 0 Å². The third-order valence-electron chi connectivity index (χ3n) is 4.14. The minimum Gasteiger partial charge on any atom is -0.493 e. The van der Waals surface area contributed by atoms with E-state index in [1.165, 1.54) is 11.1 Å². The Hall–Kier alpha value is -2.26. The molecule has 1 aliphatic heterocycles. The fourth-order valence-corrected chi connectivity index (χ4v) is 3.07. The maximum atomic E-state index is 6.38. The normalized spacial score (nSPS) is 16.8. The van der Waals surface area contributed by atoms with Crippen molar-refractivity contribution >= 4 is 5.76 Å². The fourth-order valence-electron chi connectivity index (χ4n) is 3.07. The van der Waals surface area contributed by atoms with Gasteiger partial charge in [0.1, 0.15) is 11.5 Å². The molecule has 3 heteroatoms. The van der Waals surface area contributed by atoms with E-state index in [0.717, 1.165) is 29.2 Å². The smallest absolute Gasteiger partial charge is 0.150 e. The molecular formula is C21H25NO2. The van der Waals surface area contributed by atoms with Crippen LogP contribution in [0.5, 0.6) is 5.75 Å². The Morgan fingerprint density at radius 3 is 2.42 bits per heavy atom. The third kappa shape index (κ3) is 3.31. The van der Waals surface area contributed by atoms with E-state index in [0.29, 0.717) is 6.61 Å². The monoisotopic (exact) mass is 323 g/mol. The highest BCUT2D eigenvalue weighted by Crippen LogP contribution is 2.42. The van der Waals surface area contributed by atoms with Crippen LogP contribution in [-0.2, 0) is 4.74 Å². The zero-order valence-electron chi connectivity index (χ0n) is 14.9. The standard InChI is InChI=1S/C21H25NO2/c1-5-23-21-17-8-6-7-9-19(17)24-20(18(21)14-22(3)4)16-12-10-15(2)11-13-16/h6-13,20H,5,14H2,1-4H3/t20-/m0/s1. The number of para-hydroxylation sites is 1. The maximum absolute atomic E-state index is 6.38. The number of hydrogen-bond donors (Lipinski definition) is 0. The summed E-state index contributed by atoms with van der Waals surface area (Å²) in [6.07, 6.45) is -0.121. The summed E-state index contributed by atoms with van der Waals surface area (Å²) in [5.74, 6) is 1.84. The molecule has 0 spiro atoms. The molecule has 3 rings (SSSR count). The SMILES string of the molecule is CCOC1=C(CN(C)C)[C@H](c2ccc(C)cc2)Oc2ccccc21. The first-order chi connectivity index (χ1) is 11.6. The summed E-state index contributed by atoms with van der Waals surface area (Å²) in [5.41, 5.74) is 4.62. The van der Waals surface area contributed by atoms with Crippen molar-refractivity contribution in [1.29, 1.82) is 0 Å². The largest absolute Gasteiger partial charge is 0.493 e. The van der Waals surface area contributed by atoms with Crippen molar-refractivity contribution in [1.82, 2.24) is 4.90 Å². The summed E-state index contributed by atoms with van der Waals surface area (Å²) in [6.45, 7) is 5.56. The van der Waals surface area contributed by atoms with Gasteiger partial charge in [-0.05, 0) is 45.6 Å². The Balaban J connectivity index is 2.13. The molecule has 0 fully saturated rings. The number of rotatable bonds is 5. The molecule has 0 N–H and O–H groups in total. The lowest BCUT2D eigenvalue weighted by atomic mass is 9.93. The molecule has 126 valence electrons. The molecule has 1 atom stereocenters. The van der Waals surface area contributed by atoms with Gasteiger partial charge in [0.2, 0.25) is 0 Å². The van der Waals surface area contributed by atoms with Crippen molar-refractivity contribution < 1.29 is 9.47 Å². The van der Waals surface area contributed by atoms with Gasteiger partial charge in [0.05, 0.1) is 12.2 Å². The number of fused-ring (bicyclic) bond motifs is 1. The predicted octanol–water partition coefficient (Wildman–Crippen LogP) is 4.44. The minimum absolute atomic E-state index is 0.121. The number of ether oxygens (including phenoxy) is 2. The van der Waals surface area contributed by atoms with Crippen molar-refractivity contribution in [3.8, 4) is 5.75 Å². The maximum Gasteiger partial charge on any atom is 0.150 e. The summed E-state index contributed by atoms with van der Waals surface area (Å²) in [5, 5.41) is 0. The van der Waals surface area contributed by atoms with Gasteiger partial charge in [-0.2, -0.15) is 0 Å². The summed E-state index contributed by atoms with van der Waals surface area (Å²) in [7, 11) is 4.15. The van der Waals surface area contributed by atoms with E-state index in [4.69, 9.17) is 9.47 Å². The van der Waals surface area contributed by atoms with Crippen molar-refractivity contribution in [3.63, 3.8) is 0 Å². The summed E-state index contributed by atoms with van der Waals surface area (Å²) >= 11 is 0. The molecule has 1 aliphatic rings. The average molecular weight is 323 g/mol. The highest BCUT2D eigenvalue weighted by atomic mass is 16.5. The zero-order valence-corrected chi connectivity index (χ0v) is 14.9. The van der Waals surface area contributed by atoms with Gasteiger partial charge >= 0.3 is 0 Å². The van der Waals surface area contributed by atoms with Crippen molar-refractivity contribution in [2.45, 2.75) is 20.0 Å². The molecule has 1 heterocycles. The topological polar surface area (TPSA) is 21.7 Å². The molecule has 0 aliphatic carbocycles. The lowest BCUT2D eigenvalue weighted by Crippen LogP contribution is -2.26. The van der Waals surface area contributed by atoms with Crippen molar-refractivity contribution in [2.75, 3.05) is 27.2 Å². The molecule has 0 unspecified atom stereocenters. The van der Waals surface area contributed by atoms with Crippen LogP contribution in [0.25, 0.3) is 5.76 Å². The van der Waals surface area contributed by atoms with Crippen LogP contribution < -0.4 is 4.74 Å². The van der Waals surface area contributed by atoms with Gasteiger partial charge < -0.3 is 14.4 Å². The quantitative estimate of drug-likeness (QED) is 0.812. The number of nitrogens with zero attached hydrogens (tertiary/aromatic N) is 1. The van der Waals surface area contributed by atoms with Crippen LogP contribution in [0.3, 0.4) is 0 Å². The van der Waals surface area contributed by atoms with Crippen LogP contribution in [0.1, 0.15) is 29.7 Å². The second-order valence-corrected chi connectivity index (χ2v) is 6.43. The zero-order chi connectivity index (χ0) is 17.1. The second-order valence-electron chi connectivity index (χ2n) is 6.43. The highest BCUT2D eigenvalue weighted by molar-refractivity contribution is 5.72. The number of likely N-dealkylation sites (N-methyl/N-ethyl adjacent to an activating group) is 1. The minimum atomic E-state index is -0.121. The van der Waals surface area contributed by atoms with E-state index in [9.17, 15) is 0 Å². The molecule has 0 saturated carbocycles. The molecule has 24 heavy (non-hydrogen) atoms. The van der Waals surface area contributed by atoms with Gasteiger partial charge in [0, 0.05) is 12.1 Å². The van der Waals surface area contributed by atoms with E-state index >= 15 is 0 Å². The van der Waals surface area contributed by atoms with Crippen LogP contribution in [0, 0.1) is 6.92 Å². The third-order valence-corrected chi connectivity index (χ3v) is 4.14. The van der Waals surface area contributed by atoms with Gasteiger partial charge in [-0.3, -0.25) is 0 Å². The first kappa shape index (κ1) is 16.6. The molecule has 0 bridgehead atoms. The lowest BCUT2D eigenvalue weighted by Gasteiger charge is -2.32. The molecule has 0 amide bonds. The number of aryl methyl sites for hydroxylation is 1. The van der Waals surface area contributed by atoms with Crippen molar-refractivity contribution in [3.05, 3.63) is 70.8 Å². The molecule has 2 aromatic rings. The Morgan fingerprint density at radius 1 is 1.04 bits per heavy atom. The Bertz CT molecular complexity index is 732. The van der Waals surface area contributed by atoms with E-state index in [2.05, 4.69) is 56.3 Å². The van der Waals surface area contributed by atoms with Crippen molar-refractivity contribution in [2.24, 2.45) is 0 Å². The first-order valence-corrected chi connectivity index (χ1v) is 8.43. The average Bonchev–Trinajstić information content (AvgIpc) is 2.57. The second kappa shape index (κ2) is 7.10. The summed E-state index contributed by atoms with van der Waals surface area (Å²) in [6, 6.07) is 16.7. The first-order valence-electron chi connectivity index (χ1n) is 8.43. The molecule has 0 radical (unpaired) electrons. The highest BCUT2D eigenvalue weighted by Gasteiger charge is 2.31. The Kier molecular flexibility index (Phi) is 4.91. The number of benzene rings is 2. The Morgan fingerprint density at radius 2 is 1.75 bits per heavy atom. The Labute approximate surface area is 144 Å². The molecule has 2 aromatic carbocycles. The number of hydrogen-bond acceptors (Lipinski definition) is 3. The van der Waals surface area contributed by atoms with E-state index in [-0.39, 0.29) is 6.10 Å². The molecule has 0 saturated heterocycles.